The van der Waals surface area contributed by atoms with E-state index < -0.39 is 11.9 Å². The molecule has 102 valence electrons. The molecule has 2 amide bonds. The molecule has 2 rings (SSSR count). The van der Waals surface area contributed by atoms with E-state index in [2.05, 4.69) is 0 Å². The van der Waals surface area contributed by atoms with Gasteiger partial charge in [0.2, 0.25) is 11.8 Å². The molecule has 1 heterocycles. The second-order valence-corrected chi connectivity index (χ2v) is 4.55. The van der Waals surface area contributed by atoms with Crippen LogP contribution in [0.25, 0.3) is 0 Å². The van der Waals surface area contributed by atoms with Crippen molar-refractivity contribution in [2.75, 3.05) is 13.2 Å². The molecule has 0 fully saturated rings. The number of nitrogens with zero attached hydrogens (tertiary/aromatic N) is 1. The normalized spacial score (nSPS) is 17.9. The van der Waals surface area contributed by atoms with Gasteiger partial charge in [-0.15, -0.1) is 0 Å². The fourth-order valence-corrected chi connectivity index (χ4v) is 2.31. The number of nitrogens with two attached hydrogens (primary N) is 1. The molecule has 0 aliphatic carbocycles. The third-order valence-corrected chi connectivity index (χ3v) is 3.33. The zero-order valence-electron chi connectivity index (χ0n) is 11.0. The molecule has 0 unspecified atom stereocenters. The number of hydrogen-bond donors (Lipinski definition) is 1. The van der Waals surface area contributed by atoms with E-state index in [0.29, 0.717) is 19.6 Å². The van der Waals surface area contributed by atoms with Crippen molar-refractivity contribution in [3.8, 4) is 0 Å². The molecule has 0 saturated heterocycles. The number of rotatable bonds is 4. The van der Waals surface area contributed by atoms with Crippen molar-refractivity contribution in [1.82, 2.24) is 4.90 Å². The van der Waals surface area contributed by atoms with Gasteiger partial charge in [-0.1, -0.05) is 24.3 Å². The summed E-state index contributed by atoms with van der Waals surface area (Å²) in [6.07, 6.45) is 0.476. The van der Waals surface area contributed by atoms with Crippen LogP contribution in [0.4, 0.5) is 0 Å². The largest absolute Gasteiger partial charge is 0.372 e. The standard InChI is InChI=1S/C14H18N2O3/c1-2-19-9-13(17)16-8-11-6-4-3-5-10(11)7-12(16)14(15)18/h3-6,12H,2,7-9H2,1H3,(H2,15,18)/t12-/m0/s1. The molecule has 1 atom stereocenters. The van der Waals surface area contributed by atoms with Gasteiger partial charge in [-0.2, -0.15) is 0 Å². The van der Waals surface area contributed by atoms with Crippen molar-refractivity contribution in [2.45, 2.75) is 25.9 Å². The molecule has 1 aromatic carbocycles. The second-order valence-electron chi connectivity index (χ2n) is 4.55. The molecular weight excluding hydrogens is 244 g/mol. The summed E-state index contributed by atoms with van der Waals surface area (Å²) >= 11 is 0. The predicted octanol–water partition coefficient (Wildman–Crippen LogP) is 0.462. The van der Waals surface area contributed by atoms with Crippen molar-refractivity contribution in [3.63, 3.8) is 0 Å². The molecule has 0 saturated carbocycles. The first-order valence-corrected chi connectivity index (χ1v) is 6.36. The first kappa shape index (κ1) is 13.5. The van der Waals surface area contributed by atoms with Crippen LogP contribution in [0.1, 0.15) is 18.1 Å². The van der Waals surface area contributed by atoms with E-state index in [4.69, 9.17) is 10.5 Å². The van der Waals surface area contributed by atoms with Gasteiger partial charge in [0.25, 0.3) is 0 Å². The molecule has 0 bridgehead atoms. The Morgan fingerprint density at radius 1 is 1.37 bits per heavy atom. The van der Waals surface area contributed by atoms with Crippen LogP contribution in [0.2, 0.25) is 0 Å². The highest BCUT2D eigenvalue weighted by Crippen LogP contribution is 2.23. The Labute approximate surface area is 112 Å². The van der Waals surface area contributed by atoms with E-state index in [-0.39, 0.29) is 12.5 Å². The lowest BCUT2D eigenvalue weighted by Crippen LogP contribution is -2.52. The Hall–Kier alpha value is -1.88. The van der Waals surface area contributed by atoms with Gasteiger partial charge in [0.15, 0.2) is 0 Å². The third-order valence-electron chi connectivity index (χ3n) is 3.33. The minimum absolute atomic E-state index is 0.0115. The van der Waals surface area contributed by atoms with Gasteiger partial charge in [-0.05, 0) is 18.1 Å². The minimum atomic E-state index is -0.581. The maximum absolute atomic E-state index is 12.1. The Morgan fingerprint density at radius 2 is 2.05 bits per heavy atom. The first-order valence-electron chi connectivity index (χ1n) is 6.36. The van der Waals surface area contributed by atoms with Crippen molar-refractivity contribution >= 4 is 11.8 Å². The summed E-state index contributed by atoms with van der Waals surface area (Å²) in [5.41, 5.74) is 7.54. The summed E-state index contributed by atoms with van der Waals surface area (Å²) < 4.78 is 5.12. The molecule has 5 heteroatoms. The zero-order valence-corrected chi connectivity index (χ0v) is 11.0. The number of hydrogen-bond acceptors (Lipinski definition) is 3. The average molecular weight is 262 g/mol. The fourth-order valence-electron chi connectivity index (χ4n) is 2.31. The van der Waals surface area contributed by atoms with E-state index >= 15 is 0 Å². The number of amides is 2. The van der Waals surface area contributed by atoms with E-state index in [0.717, 1.165) is 11.1 Å². The highest BCUT2D eigenvalue weighted by molar-refractivity contribution is 5.88. The summed E-state index contributed by atoms with van der Waals surface area (Å²) in [4.78, 5) is 25.1. The molecule has 1 aliphatic rings. The van der Waals surface area contributed by atoms with Gasteiger partial charge >= 0.3 is 0 Å². The van der Waals surface area contributed by atoms with Gasteiger partial charge in [-0.25, -0.2) is 0 Å². The van der Waals surface area contributed by atoms with Crippen LogP contribution in [0.5, 0.6) is 0 Å². The Kier molecular flexibility index (Phi) is 4.16. The molecule has 2 N–H and O–H groups in total. The van der Waals surface area contributed by atoms with E-state index in [1.54, 1.807) is 0 Å². The fraction of sp³-hybridized carbons (Fsp3) is 0.429. The van der Waals surface area contributed by atoms with Crippen LogP contribution in [0.3, 0.4) is 0 Å². The predicted molar refractivity (Wildman–Crippen MR) is 70.2 cm³/mol. The van der Waals surface area contributed by atoms with E-state index in [1.165, 1.54) is 4.90 Å². The minimum Gasteiger partial charge on any atom is -0.372 e. The van der Waals surface area contributed by atoms with Gasteiger partial charge in [-0.3, -0.25) is 9.59 Å². The van der Waals surface area contributed by atoms with Crippen LogP contribution in [-0.2, 0) is 27.3 Å². The molecule has 1 aliphatic heterocycles. The lowest BCUT2D eigenvalue weighted by molar-refractivity contribution is -0.144. The Balaban J connectivity index is 2.21. The van der Waals surface area contributed by atoms with Crippen molar-refractivity contribution in [2.24, 2.45) is 5.73 Å². The quantitative estimate of drug-likeness (QED) is 0.857. The van der Waals surface area contributed by atoms with Gasteiger partial charge in [0.05, 0.1) is 0 Å². The molecule has 0 radical (unpaired) electrons. The van der Waals surface area contributed by atoms with E-state index in [9.17, 15) is 9.59 Å². The summed E-state index contributed by atoms with van der Waals surface area (Å²) in [6, 6.07) is 7.20. The summed E-state index contributed by atoms with van der Waals surface area (Å²) in [5, 5.41) is 0. The molecule has 0 spiro atoms. The molecule has 0 aromatic heterocycles. The summed E-state index contributed by atoms with van der Waals surface area (Å²) in [7, 11) is 0. The van der Waals surface area contributed by atoms with Crippen molar-refractivity contribution in [3.05, 3.63) is 35.4 Å². The third kappa shape index (κ3) is 2.93. The average Bonchev–Trinajstić information content (AvgIpc) is 2.43. The van der Waals surface area contributed by atoms with Gasteiger partial charge in [0, 0.05) is 19.6 Å². The lowest BCUT2D eigenvalue weighted by Gasteiger charge is -2.35. The number of benzene rings is 1. The van der Waals surface area contributed by atoms with Crippen molar-refractivity contribution < 1.29 is 14.3 Å². The van der Waals surface area contributed by atoms with Crippen LogP contribution in [-0.4, -0.2) is 36.0 Å². The highest BCUT2D eigenvalue weighted by Gasteiger charge is 2.32. The smallest absolute Gasteiger partial charge is 0.249 e. The monoisotopic (exact) mass is 262 g/mol. The molecular formula is C14H18N2O3. The van der Waals surface area contributed by atoms with Gasteiger partial charge in [0.1, 0.15) is 12.6 Å². The first-order chi connectivity index (χ1) is 9.13. The maximum Gasteiger partial charge on any atom is 0.249 e. The Bertz CT molecular complexity index is 487. The summed E-state index contributed by atoms with van der Waals surface area (Å²) in [5.74, 6) is -0.667. The van der Waals surface area contributed by atoms with Crippen LogP contribution < -0.4 is 5.73 Å². The number of carbonyl (C=O) groups excluding carboxylic acids is 2. The Morgan fingerprint density at radius 3 is 2.68 bits per heavy atom. The van der Waals surface area contributed by atoms with Gasteiger partial charge < -0.3 is 15.4 Å². The van der Waals surface area contributed by atoms with Crippen LogP contribution in [0, 0.1) is 0 Å². The topological polar surface area (TPSA) is 72.6 Å². The molecule has 5 nitrogen and oxygen atoms in total. The second kappa shape index (κ2) is 5.84. The number of ether oxygens (including phenoxy) is 1. The van der Waals surface area contributed by atoms with Crippen LogP contribution in [0.15, 0.2) is 24.3 Å². The highest BCUT2D eigenvalue weighted by atomic mass is 16.5. The number of carbonyl (C=O) groups is 2. The molecule has 19 heavy (non-hydrogen) atoms. The zero-order chi connectivity index (χ0) is 13.8. The summed E-state index contributed by atoms with van der Waals surface area (Å²) in [6.45, 7) is 2.69. The van der Waals surface area contributed by atoms with E-state index in [1.807, 2.05) is 31.2 Å². The number of primary amides is 1. The van der Waals surface area contributed by atoms with Crippen LogP contribution >= 0.6 is 0 Å². The maximum atomic E-state index is 12.1. The number of fused-ring (bicyclic) bond motifs is 1. The van der Waals surface area contributed by atoms with Crippen molar-refractivity contribution in [1.29, 1.82) is 0 Å². The SMILES string of the molecule is CCOCC(=O)N1Cc2ccccc2C[C@H]1C(N)=O. The lowest BCUT2D eigenvalue weighted by atomic mass is 9.93. The molecule has 1 aromatic rings.